The summed E-state index contributed by atoms with van der Waals surface area (Å²) in [6, 6.07) is 12.1. The number of rotatable bonds is 4. The Hall–Kier alpha value is -3.02. The van der Waals surface area contributed by atoms with Crippen LogP contribution < -0.4 is 19.7 Å². The number of amides is 2. The van der Waals surface area contributed by atoms with E-state index in [-0.39, 0.29) is 18.4 Å². The first-order valence-electron chi connectivity index (χ1n) is 7.66. The molecule has 0 atom stereocenters. The maximum atomic E-state index is 12.3. The summed E-state index contributed by atoms with van der Waals surface area (Å²) in [4.78, 5) is 25.6. The fourth-order valence-electron chi connectivity index (χ4n) is 2.42. The topological polar surface area (TPSA) is 67.9 Å². The first-order chi connectivity index (χ1) is 11.6. The molecule has 6 nitrogen and oxygen atoms in total. The zero-order chi connectivity index (χ0) is 17.1. The summed E-state index contributed by atoms with van der Waals surface area (Å²) in [5.41, 5.74) is 1.75. The number of ether oxygens (including phenoxy) is 2. The lowest BCUT2D eigenvalue weighted by Gasteiger charge is -2.26. The van der Waals surface area contributed by atoms with E-state index in [0.29, 0.717) is 29.3 Å². The van der Waals surface area contributed by atoms with Gasteiger partial charge in [-0.25, -0.2) is 0 Å². The van der Waals surface area contributed by atoms with E-state index in [0.717, 1.165) is 5.75 Å². The number of nitrogens with one attached hydrogen (secondary N) is 1. The second-order valence-corrected chi connectivity index (χ2v) is 5.34. The van der Waals surface area contributed by atoms with Crippen LogP contribution in [0.15, 0.2) is 42.5 Å². The van der Waals surface area contributed by atoms with Crippen LogP contribution in [0.4, 0.5) is 11.4 Å². The SMILES string of the molecule is CCOc1ccc(C(=O)Nc2ccc3c(c2)N(C)C(=O)CO3)cc1. The van der Waals surface area contributed by atoms with Crippen molar-refractivity contribution >= 4 is 23.2 Å². The monoisotopic (exact) mass is 326 g/mol. The largest absolute Gasteiger partial charge is 0.494 e. The van der Waals surface area contributed by atoms with Gasteiger partial charge in [-0.05, 0) is 49.4 Å². The van der Waals surface area contributed by atoms with Crippen molar-refractivity contribution < 1.29 is 19.1 Å². The highest BCUT2D eigenvalue weighted by molar-refractivity contribution is 6.05. The number of benzene rings is 2. The van der Waals surface area contributed by atoms with Crippen LogP contribution in [0.2, 0.25) is 0 Å². The van der Waals surface area contributed by atoms with Gasteiger partial charge in [0.05, 0.1) is 12.3 Å². The molecular weight excluding hydrogens is 308 g/mol. The molecule has 2 aromatic rings. The normalized spacial score (nSPS) is 13.1. The van der Waals surface area contributed by atoms with Gasteiger partial charge in [0, 0.05) is 18.3 Å². The first kappa shape index (κ1) is 15.9. The van der Waals surface area contributed by atoms with E-state index >= 15 is 0 Å². The molecule has 1 heterocycles. The molecule has 124 valence electrons. The molecule has 0 saturated carbocycles. The molecule has 0 bridgehead atoms. The molecule has 24 heavy (non-hydrogen) atoms. The fourth-order valence-corrected chi connectivity index (χ4v) is 2.42. The van der Waals surface area contributed by atoms with Gasteiger partial charge in [-0.2, -0.15) is 0 Å². The average Bonchev–Trinajstić information content (AvgIpc) is 2.59. The molecule has 0 saturated heterocycles. The molecule has 1 N–H and O–H groups in total. The van der Waals surface area contributed by atoms with E-state index in [1.807, 2.05) is 6.92 Å². The summed E-state index contributed by atoms with van der Waals surface area (Å²) in [6.45, 7) is 2.51. The molecule has 1 aliphatic heterocycles. The number of fused-ring (bicyclic) bond motifs is 1. The van der Waals surface area contributed by atoms with Crippen LogP contribution in [0, 0.1) is 0 Å². The van der Waals surface area contributed by atoms with Crippen LogP contribution in [0.3, 0.4) is 0 Å². The van der Waals surface area contributed by atoms with Crippen LogP contribution >= 0.6 is 0 Å². The second kappa shape index (κ2) is 6.62. The summed E-state index contributed by atoms with van der Waals surface area (Å²) >= 11 is 0. The van der Waals surface area contributed by atoms with Gasteiger partial charge in [0.25, 0.3) is 11.8 Å². The molecular formula is C18H18N2O4. The molecule has 0 aromatic heterocycles. The molecule has 6 heteroatoms. The van der Waals surface area contributed by atoms with Crippen LogP contribution in [-0.4, -0.2) is 32.1 Å². The van der Waals surface area contributed by atoms with Gasteiger partial charge in [0.1, 0.15) is 11.5 Å². The van der Waals surface area contributed by atoms with Gasteiger partial charge in [0.2, 0.25) is 0 Å². The van der Waals surface area contributed by atoms with E-state index in [2.05, 4.69) is 5.32 Å². The molecule has 0 spiro atoms. The average molecular weight is 326 g/mol. The number of likely N-dealkylation sites (N-methyl/N-ethyl adjacent to an activating group) is 1. The first-order valence-corrected chi connectivity index (χ1v) is 7.66. The fraction of sp³-hybridized carbons (Fsp3) is 0.222. The Morgan fingerprint density at radius 3 is 2.71 bits per heavy atom. The highest BCUT2D eigenvalue weighted by atomic mass is 16.5. The Kier molecular flexibility index (Phi) is 4.37. The standard InChI is InChI=1S/C18H18N2O4/c1-3-23-14-7-4-12(5-8-14)18(22)19-13-6-9-16-15(10-13)20(2)17(21)11-24-16/h4-10H,3,11H2,1-2H3,(H,19,22). The maximum Gasteiger partial charge on any atom is 0.264 e. The molecule has 2 aromatic carbocycles. The number of carbonyl (C=O) groups is 2. The summed E-state index contributed by atoms with van der Waals surface area (Å²) in [6.07, 6.45) is 0. The molecule has 0 radical (unpaired) electrons. The minimum atomic E-state index is -0.233. The van der Waals surface area contributed by atoms with Crippen molar-refractivity contribution in [2.75, 3.05) is 30.5 Å². The van der Waals surface area contributed by atoms with Gasteiger partial charge in [-0.3, -0.25) is 9.59 Å². The zero-order valence-electron chi connectivity index (χ0n) is 13.5. The Bertz CT molecular complexity index is 771. The number of carbonyl (C=O) groups excluding carboxylic acids is 2. The molecule has 1 aliphatic rings. The van der Waals surface area contributed by atoms with Crippen LogP contribution in [-0.2, 0) is 4.79 Å². The zero-order valence-corrected chi connectivity index (χ0v) is 13.5. The summed E-state index contributed by atoms with van der Waals surface area (Å²) in [7, 11) is 1.68. The van der Waals surface area contributed by atoms with Gasteiger partial charge in [-0.1, -0.05) is 0 Å². The van der Waals surface area contributed by atoms with Crippen molar-refractivity contribution in [3.05, 3.63) is 48.0 Å². The van der Waals surface area contributed by atoms with Crippen molar-refractivity contribution in [2.24, 2.45) is 0 Å². The third-order valence-corrected chi connectivity index (χ3v) is 3.73. The van der Waals surface area contributed by atoms with Crippen molar-refractivity contribution in [1.82, 2.24) is 0 Å². The Morgan fingerprint density at radius 1 is 1.25 bits per heavy atom. The van der Waals surface area contributed by atoms with E-state index in [1.54, 1.807) is 49.5 Å². The van der Waals surface area contributed by atoms with E-state index in [1.165, 1.54) is 4.90 Å². The third-order valence-electron chi connectivity index (χ3n) is 3.73. The summed E-state index contributed by atoms with van der Waals surface area (Å²) in [5.74, 6) is 0.984. The molecule has 0 unspecified atom stereocenters. The van der Waals surface area contributed by atoms with Crippen molar-refractivity contribution in [1.29, 1.82) is 0 Å². The minimum absolute atomic E-state index is 0.0292. The predicted molar refractivity (Wildman–Crippen MR) is 90.9 cm³/mol. The minimum Gasteiger partial charge on any atom is -0.494 e. The number of hydrogen-bond acceptors (Lipinski definition) is 4. The Labute approximate surface area is 140 Å². The molecule has 0 fully saturated rings. The number of hydrogen-bond donors (Lipinski definition) is 1. The molecule has 2 amide bonds. The van der Waals surface area contributed by atoms with E-state index in [9.17, 15) is 9.59 Å². The van der Waals surface area contributed by atoms with E-state index in [4.69, 9.17) is 9.47 Å². The third kappa shape index (κ3) is 3.17. The van der Waals surface area contributed by atoms with Crippen molar-refractivity contribution in [3.63, 3.8) is 0 Å². The van der Waals surface area contributed by atoms with Crippen molar-refractivity contribution in [3.8, 4) is 11.5 Å². The highest BCUT2D eigenvalue weighted by Gasteiger charge is 2.22. The number of nitrogens with zero attached hydrogens (tertiary/aromatic N) is 1. The Morgan fingerprint density at radius 2 is 2.00 bits per heavy atom. The van der Waals surface area contributed by atoms with Crippen LogP contribution in [0.25, 0.3) is 0 Å². The molecule has 3 rings (SSSR count). The molecule has 0 aliphatic carbocycles. The lowest BCUT2D eigenvalue weighted by Crippen LogP contribution is -2.35. The smallest absolute Gasteiger partial charge is 0.264 e. The lowest BCUT2D eigenvalue weighted by atomic mass is 10.2. The van der Waals surface area contributed by atoms with Gasteiger partial charge >= 0.3 is 0 Å². The van der Waals surface area contributed by atoms with Crippen molar-refractivity contribution in [2.45, 2.75) is 6.92 Å². The van der Waals surface area contributed by atoms with Gasteiger partial charge < -0.3 is 19.7 Å². The van der Waals surface area contributed by atoms with Crippen LogP contribution in [0.5, 0.6) is 11.5 Å². The summed E-state index contributed by atoms with van der Waals surface area (Å²) in [5, 5.41) is 2.82. The van der Waals surface area contributed by atoms with Gasteiger partial charge in [0.15, 0.2) is 6.61 Å². The lowest BCUT2D eigenvalue weighted by molar-refractivity contribution is -0.120. The predicted octanol–water partition coefficient (Wildman–Crippen LogP) is 2.69. The van der Waals surface area contributed by atoms with Crippen LogP contribution in [0.1, 0.15) is 17.3 Å². The van der Waals surface area contributed by atoms with Gasteiger partial charge in [-0.15, -0.1) is 0 Å². The summed E-state index contributed by atoms with van der Waals surface area (Å²) < 4.78 is 10.7. The quantitative estimate of drug-likeness (QED) is 0.938. The maximum absolute atomic E-state index is 12.3. The highest BCUT2D eigenvalue weighted by Crippen LogP contribution is 2.33. The van der Waals surface area contributed by atoms with E-state index < -0.39 is 0 Å². The second-order valence-electron chi connectivity index (χ2n) is 5.34. The number of anilines is 2. The Balaban J connectivity index is 1.76.